The van der Waals surface area contributed by atoms with Gasteiger partial charge in [-0.2, -0.15) is 58.8 Å². The third-order valence-corrected chi connectivity index (χ3v) is 27.6. The van der Waals surface area contributed by atoms with Gasteiger partial charge in [0, 0.05) is 28.1 Å². The predicted molar refractivity (Wildman–Crippen MR) is 387 cm³/mol. The lowest BCUT2D eigenvalue weighted by molar-refractivity contribution is 0.0500. The van der Waals surface area contributed by atoms with Crippen molar-refractivity contribution in [2.45, 2.75) is 310 Å². The molecule has 0 aliphatic carbocycles. The molecule has 0 N–H and O–H groups in total. The van der Waals surface area contributed by atoms with Crippen molar-refractivity contribution < 1.29 is 4.11 Å². The van der Waals surface area contributed by atoms with Crippen molar-refractivity contribution in [2.24, 2.45) is 32.5 Å². The quantitative estimate of drug-likeness (QED) is 0.153. The summed E-state index contributed by atoms with van der Waals surface area (Å²) in [6.45, 7) is 74.9. The first kappa shape index (κ1) is 81.6. The Morgan fingerprint density at radius 2 is 0.675 bits per heavy atom. The molecule has 0 aromatic heterocycles. The Kier molecular flexibility index (Phi) is 43.1. The fourth-order valence-corrected chi connectivity index (χ4v) is 13.8. The summed E-state index contributed by atoms with van der Waals surface area (Å²) < 4.78 is 24.2. The second-order valence-electron chi connectivity index (χ2n) is 28.6. The molecule has 0 saturated carbocycles. The molecule has 0 heterocycles. The highest BCUT2D eigenvalue weighted by Crippen LogP contribution is 2.49. The first-order valence-corrected chi connectivity index (χ1v) is 39.5. The van der Waals surface area contributed by atoms with Crippen LogP contribution in [0.3, 0.4) is 0 Å². The summed E-state index contributed by atoms with van der Waals surface area (Å²) in [7, 11) is -1.39. The average Bonchev–Trinajstić information content (AvgIpc) is 3.35. The molecular weight excluding hydrogens is 1040 g/mol. The molecule has 0 fully saturated rings. The van der Waals surface area contributed by atoms with Crippen LogP contribution in [0.5, 0.6) is 0 Å². The van der Waals surface area contributed by atoms with Gasteiger partial charge in [-0.3, -0.25) is 0 Å². The summed E-state index contributed by atoms with van der Waals surface area (Å²) in [5.74, 6) is 3.83. The van der Waals surface area contributed by atoms with E-state index >= 15 is 0 Å². The van der Waals surface area contributed by atoms with Crippen LogP contribution in [0.1, 0.15) is 282 Å². The lowest BCUT2D eigenvalue weighted by atomic mass is 9.60. The maximum atomic E-state index is 7.53. The summed E-state index contributed by atoms with van der Waals surface area (Å²) >= 11 is 9.75. The molecule has 462 valence electrons. The van der Waals surface area contributed by atoms with Gasteiger partial charge in [0.25, 0.3) is 0 Å². The first-order valence-electron chi connectivity index (χ1n) is 31.7. The number of benzene rings is 2. The van der Waals surface area contributed by atoms with Crippen LogP contribution in [-0.2, 0) is 5.04 Å². The predicted octanol–water partition coefficient (Wildman–Crippen LogP) is 26.6. The van der Waals surface area contributed by atoms with Gasteiger partial charge in [-0.05, 0) is 86.1 Å². The minimum absolute atomic E-state index is 0.0990. The van der Waals surface area contributed by atoms with Crippen LogP contribution in [-0.4, -0.2) is 63.1 Å². The van der Waals surface area contributed by atoms with E-state index in [-0.39, 0.29) is 10.5 Å². The Balaban J connectivity index is -0.000000202. The second kappa shape index (κ2) is 40.6. The number of hydrogen-bond acceptors (Lipinski definition) is 5. The average molecular weight is 1190 g/mol. The third kappa shape index (κ3) is 36.7. The van der Waals surface area contributed by atoms with Gasteiger partial charge in [0.2, 0.25) is 0 Å². The first-order chi connectivity index (χ1) is 35.7. The van der Waals surface area contributed by atoms with E-state index in [1.807, 2.05) is 72.7 Å². The van der Waals surface area contributed by atoms with Crippen molar-refractivity contribution in [2.75, 3.05) is 36.0 Å². The van der Waals surface area contributed by atoms with Gasteiger partial charge < -0.3 is 0 Å². The molecule has 0 spiro atoms. The Morgan fingerprint density at radius 3 is 0.766 bits per heavy atom. The molecule has 0 amide bonds. The van der Waals surface area contributed by atoms with E-state index in [1.54, 1.807) is 0 Å². The van der Waals surface area contributed by atoms with Gasteiger partial charge in [-0.25, -0.2) is 0 Å². The molecule has 0 aliphatic rings. The largest absolute Gasteiger partial charge is 0.165 e. The zero-order chi connectivity index (χ0) is 65.3. The Labute approximate surface area is 517 Å². The maximum Gasteiger partial charge on any atom is 0.0609 e. The molecule has 0 unspecified atom stereocenters. The van der Waals surface area contributed by atoms with Crippen LogP contribution in [0.25, 0.3) is 0 Å². The number of rotatable bonds is 16. The topological polar surface area (TPSA) is 0 Å². The molecule has 0 atom stereocenters. The van der Waals surface area contributed by atoms with Gasteiger partial charge in [0.05, 0.1) is 8.07 Å². The van der Waals surface area contributed by atoms with Gasteiger partial charge in [-0.1, -0.05) is 340 Å². The molecule has 2 aromatic carbocycles. The molecule has 0 radical (unpaired) electrons. The normalized spacial score (nSPS) is 13.5. The van der Waals surface area contributed by atoms with Crippen molar-refractivity contribution in [3.63, 3.8) is 0 Å². The van der Waals surface area contributed by atoms with E-state index in [9.17, 15) is 0 Å². The van der Waals surface area contributed by atoms with Crippen molar-refractivity contribution in [3.05, 3.63) is 71.8 Å². The Bertz CT molecular complexity index is 1640. The molecule has 0 saturated heterocycles. The molecule has 77 heavy (non-hydrogen) atoms. The molecular formula is C71H144S5Si. The summed E-state index contributed by atoms with van der Waals surface area (Å²) in [5, 5.41) is 0.162. The second-order valence-corrected chi connectivity index (χ2v) is 42.1. The van der Waals surface area contributed by atoms with E-state index in [1.165, 1.54) is 60.5 Å². The van der Waals surface area contributed by atoms with Gasteiger partial charge in [-0.15, -0.1) is 0 Å². The Morgan fingerprint density at radius 1 is 0.403 bits per heavy atom. The van der Waals surface area contributed by atoms with E-state index in [2.05, 4.69) is 300 Å². The van der Waals surface area contributed by atoms with Crippen LogP contribution in [0.15, 0.2) is 60.7 Å². The molecule has 0 aliphatic heterocycles. The molecule has 0 bridgehead atoms. The highest BCUT2D eigenvalue weighted by molar-refractivity contribution is 8.02. The number of hydrogen-bond donors (Lipinski definition) is 0. The van der Waals surface area contributed by atoms with Crippen LogP contribution in [0, 0.1) is 32.5 Å². The minimum Gasteiger partial charge on any atom is -0.165 e. The standard InChI is InChI=1S/C17H22Si.C12H26.C10H22.3C8H18S.2C4H10S/c1-17(18(2,3)4,15-11-7-5-8-12-15)16-13-9-6-10-14-16;1-7-11(5,8-2)12(6,9-3)10-4;1-7-10(6,8-2)9(3,4)5;2*1-7(2,3)8(4,5)9-6;1-7(2,3)9-8(4,5)6;1-3-4-5-2;1-3-5-4-2/h5-14H,1-4H3;7-10H2,1-6H3;7-8H2,1-6H3;3*1-6H3;2*3-4H2,1-2H3/i;;3D3;;;;;. The van der Waals surface area contributed by atoms with Crippen molar-refractivity contribution >= 4 is 66.9 Å². The lowest BCUT2D eigenvalue weighted by Crippen LogP contribution is -2.48. The summed E-state index contributed by atoms with van der Waals surface area (Å²) in [6.07, 6.45) is 14.8. The fourth-order valence-electron chi connectivity index (χ4n) is 7.86. The zero-order valence-corrected chi connectivity index (χ0v) is 64.5. The summed E-state index contributed by atoms with van der Waals surface area (Å²) in [6, 6.07) is 21.9. The lowest BCUT2D eigenvalue weighted by Gasteiger charge is -2.45. The number of thioether (sulfide) groups is 5. The van der Waals surface area contributed by atoms with Crippen LogP contribution in [0.4, 0.5) is 0 Å². The van der Waals surface area contributed by atoms with Crippen molar-refractivity contribution in [3.8, 4) is 0 Å². The summed E-state index contributed by atoms with van der Waals surface area (Å²) in [5.41, 5.74) is 4.07. The smallest absolute Gasteiger partial charge is 0.0609 e. The fraction of sp³-hybridized carbons (Fsp3) is 0.831. The summed E-state index contributed by atoms with van der Waals surface area (Å²) in [4.78, 5) is 0. The highest BCUT2D eigenvalue weighted by atomic mass is 32.2. The van der Waals surface area contributed by atoms with Crippen LogP contribution >= 0.6 is 58.8 Å². The molecule has 2 rings (SSSR count). The third-order valence-electron chi connectivity index (χ3n) is 17.9. The van der Waals surface area contributed by atoms with E-state index < -0.39 is 20.3 Å². The highest BCUT2D eigenvalue weighted by Gasteiger charge is 2.42. The molecule has 0 nitrogen and oxygen atoms in total. The minimum atomic E-state index is -1.87. The monoisotopic (exact) mass is 1190 g/mol. The SMILES string of the molecule is CC(C)(C)SC(C)(C)C.CC(c1ccccc1)(c1ccccc1)[Si](C)(C)C.CCC(C)(CC)C(C)(CC)CC.CCCSC.CCSCC.CSC(C)(C)C(C)(C)C.CSC(C)(C)C(C)(C)C.[2H]C([2H])([2H])C(C)(C)C(C)(CC)CC. The van der Waals surface area contributed by atoms with Crippen molar-refractivity contribution in [1.29, 1.82) is 0 Å². The van der Waals surface area contributed by atoms with Gasteiger partial charge in [0.15, 0.2) is 0 Å². The molecule has 6 heteroatoms. The van der Waals surface area contributed by atoms with Gasteiger partial charge >= 0.3 is 0 Å². The van der Waals surface area contributed by atoms with E-state index in [0.29, 0.717) is 40.6 Å². The van der Waals surface area contributed by atoms with E-state index in [0.717, 1.165) is 12.8 Å². The maximum absolute atomic E-state index is 7.53. The zero-order valence-electron chi connectivity index (χ0n) is 62.4. The van der Waals surface area contributed by atoms with E-state index in [4.69, 9.17) is 4.11 Å². The molecule has 2 aromatic rings. The van der Waals surface area contributed by atoms with Crippen LogP contribution in [0.2, 0.25) is 19.6 Å². The Hall–Kier alpha value is 0.407. The van der Waals surface area contributed by atoms with Crippen LogP contribution < -0.4 is 0 Å². The van der Waals surface area contributed by atoms with Gasteiger partial charge in [0.1, 0.15) is 0 Å². The van der Waals surface area contributed by atoms with Crippen molar-refractivity contribution in [1.82, 2.24) is 0 Å².